The largest absolute Gasteiger partial charge is 0.392 e. The lowest BCUT2D eigenvalue weighted by molar-refractivity contribution is -0.139. The first kappa shape index (κ1) is 32.2. The van der Waals surface area contributed by atoms with Crippen molar-refractivity contribution in [1.82, 2.24) is 10.3 Å². The number of nitrogens with zero attached hydrogens (tertiary/aromatic N) is 1. The van der Waals surface area contributed by atoms with Crippen LogP contribution < -0.4 is 5.32 Å². The van der Waals surface area contributed by atoms with Crippen LogP contribution in [0.4, 0.5) is 0 Å². The first-order valence-corrected chi connectivity index (χ1v) is 14.2. The molecule has 1 amide bonds. The molecule has 0 aliphatic carbocycles. The van der Waals surface area contributed by atoms with E-state index >= 15 is 0 Å². The smallest absolute Gasteiger partial charge is 0.223 e. The molecule has 204 valence electrons. The summed E-state index contributed by atoms with van der Waals surface area (Å²) < 4.78 is 0. The zero-order valence-corrected chi connectivity index (χ0v) is 24.4. The summed E-state index contributed by atoms with van der Waals surface area (Å²) in [5.41, 5.74) is 1.02. The van der Waals surface area contributed by atoms with Crippen molar-refractivity contribution in [2.45, 2.75) is 112 Å². The Hall–Kier alpha value is -1.86. The van der Waals surface area contributed by atoms with Crippen LogP contribution in [0.25, 0.3) is 6.08 Å². The SMILES string of the molecule is C/C(=C\c1csc(C)n1)[C@@H]1CC[C@@H](C)CCC[C@H](C)C[C@@H](C)C(=O)C(C)(C)[C@@H](O)CC(=O)N1.CC=O. The van der Waals surface area contributed by atoms with Crippen LogP contribution in [0.3, 0.4) is 0 Å². The second-order valence-corrected chi connectivity index (χ2v) is 12.3. The topological polar surface area (TPSA) is 96.4 Å². The van der Waals surface area contributed by atoms with Gasteiger partial charge in [0.2, 0.25) is 5.91 Å². The van der Waals surface area contributed by atoms with Gasteiger partial charge in [-0.1, -0.05) is 53.9 Å². The third-order valence-electron chi connectivity index (χ3n) is 7.29. The number of aromatic nitrogens is 1. The Morgan fingerprint density at radius 2 is 1.75 bits per heavy atom. The number of amides is 1. The van der Waals surface area contributed by atoms with Gasteiger partial charge in [-0.25, -0.2) is 4.98 Å². The standard InChI is InChI=1S/C27H44N2O3S.C2H4O/c1-17-9-8-10-18(2)13-20(4)26(32)27(6,7)24(30)15-25(31)29-23(12-11-17)19(3)14-22-16-33-21(5)28-22;1-2-3/h14,16-18,20,23-24,30H,8-13,15H2,1-7H3,(H,29,31);2H,1H3/b19-14+;/t17-,18-,20+,23-,24-;/m0./s1. The lowest BCUT2D eigenvalue weighted by atomic mass is 9.74. The van der Waals surface area contributed by atoms with Gasteiger partial charge in [0, 0.05) is 11.3 Å². The molecular weight excluding hydrogens is 472 g/mol. The Labute approximate surface area is 222 Å². The molecule has 36 heavy (non-hydrogen) atoms. The van der Waals surface area contributed by atoms with Gasteiger partial charge in [0.25, 0.3) is 0 Å². The Kier molecular flexibility index (Phi) is 13.8. The van der Waals surface area contributed by atoms with Gasteiger partial charge >= 0.3 is 0 Å². The molecule has 2 N–H and O–H groups in total. The highest BCUT2D eigenvalue weighted by Crippen LogP contribution is 2.32. The molecule has 0 radical (unpaired) electrons. The zero-order chi connectivity index (χ0) is 27.5. The highest BCUT2D eigenvalue weighted by molar-refractivity contribution is 7.09. The minimum atomic E-state index is -1.01. The van der Waals surface area contributed by atoms with Gasteiger partial charge in [0.05, 0.1) is 34.7 Å². The number of rotatable bonds is 2. The molecule has 2 rings (SSSR count). The van der Waals surface area contributed by atoms with Crippen molar-refractivity contribution in [3.63, 3.8) is 0 Å². The van der Waals surface area contributed by atoms with Crippen LogP contribution in [0.5, 0.6) is 0 Å². The number of thiazole rings is 1. The lowest BCUT2D eigenvalue weighted by Gasteiger charge is -2.33. The number of Topliss-reactive ketones (excluding diaryl/α,β-unsaturated/α-hetero) is 1. The summed E-state index contributed by atoms with van der Waals surface area (Å²) in [6.07, 6.45) is 7.85. The zero-order valence-electron chi connectivity index (χ0n) is 23.6. The van der Waals surface area contributed by atoms with Crippen LogP contribution in [-0.4, -0.2) is 40.2 Å². The number of hydrogen-bond acceptors (Lipinski definition) is 6. The fraction of sp³-hybridized carbons (Fsp3) is 0.724. The van der Waals surface area contributed by atoms with E-state index in [-0.39, 0.29) is 30.1 Å². The minimum Gasteiger partial charge on any atom is -0.392 e. The van der Waals surface area contributed by atoms with Gasteiger partial charge in [0.1, 0.15) is 12.1 Å². The summed E-state index contributed by atoms with van der Waals surface area (Å²) in [4.78, 5) is 39.4. The molecule has 1 aromatic heterocycles. The molecule has 1 fully saturated rings. The second kappa shape index (κ2) is 15.4. The molecule has 6 nitrogen and oxygen atoms in total. The number of hydrogen-bond donors (Lipinski definition) is 2. The van der Waals surface area contributed by atoms with E-state index in [1.165, 1.54) is 6.92 Å². The Morgan fingerprint density at radius 3 is 2.33 bits per heavy atom. The van der Waals surface area contributed by atoms with Crippen molar-refractivity contribution < 1.29 is 19.5 Å². The second-order valence-electron chi connectivity index (χ2n) is 11.2. The highest BCUT2D eigenvalue weighted by Gasteiger charge is 2.39. The van der Waals surface area contributed by atoms with Crippen LogP contribution in [0.2, 0.25) is 0 Å². The maximum absolute atomic E-state index is 13.1. The third-order valence-corrected chi connectivity index (χ3v) is 8.08. The van der Waals surface area contributed by atoms with E-state index in [1.54, 1.807) is 25.2 Å². The van der Waals surface area contributed by atoms with Crippen LogP contribution >= 0.6 is 11.3 Å². The molecule has 5 atom stereocenters. The fourth-order valence-corrected chi connectivity index (χ4v) is 5.49. The monoisotopic (exact) mass is 520 g/mol. The number of aliphatic hydroxyl groups excluding tert-OH is 1. The first-order valence-electron chi connectivity index (χ1n) is 13.3. The molecule has 0 bridgehead atoms. The van der Waals surface area contributed by atoms with Crippen LogP contribution in [0.15, 0.2) is 11.0 Å². The Balaban J connectivity index is 0.00000205. The summed E-state index contributed by atoms with van der Waals surface area (Å²) in [6, 6.07) is -0.112. The molecule has 0 aromatic carbocycles. The number of aldehydes is 1. The molecule has 0 saturated carbocycles. The Bertz CT molecular complexity index is 876. The van der Waals surface area contributed by atoms with Gasteiger partial charge in [-0.2, -0.15) is 0 Å². The van der Waals surface area contributed by atoms with Crippen molar-refractivity contribution in [3.05, 3.63) is 21.7 Å². The summed E-state index contributed by atoms with van der Waals surface area (Å²) in [5, 5.41) is 17.1. The van der Waals surface area contributed by atoms with E-state index in [4.69, 9.17) is 4.79 Å². The summed E-state index contributed by atoms with van der Waals surface area (Å²) in [7, 11) is 0. The van der Waals surface area contributed by atoms with E-state index in [1.807, 2.05) is 32.2 Å². The molecule has 1 saturated heterocycles. The molecule has 1 aromatic rings. The molecular formula is C29H48N2O4S. The van der Waals surface area contributed by atoms with E-state index < -0.39 is 11.5 Å². The molecule has 2 heterocycles. The van der Waals surface area contributed by atoms with Gasteiger partial charge < -0.3 is 15.2 Å². The predicted molar refractivity (Wildman–Crippen MR) is 149 cm³/mol. The fourth-order valence-electron chi connectivity index (χ4n) is 4.92. The van der Waals surface area contributed by atoms with Crippen molar-refractivity contribution in [2.24, 2.45) is 23.2 Å². The lowest BCUT2D eigenvalue weighted by Crippen LogP contribution is -2.45. The number of carbonyl (C=O) groups excluding carboxylic acids is 3. The third kappa shape index (κ3) is 10.6. The van der Waals surface area contributed by atoms with E-state index in [0.717, 1.165) is 61.1 Å². The number of ketones is 1. The molecule has 1 aliphatic rings. The summed E-state index contributed by atoms with van der Waals surface area (Å²) in [6.45, 7) is 15.5. The first-order chi connectivity index (χ1) is 16.8. The molecule has 0 spiro atoms. The van der Waals surface area contributed by atoms with E-state index in [2.05, 4.69) is 24.1 Å². The average Bonchev–Trinajstić information content (AvgIpc) is 3.20. The summed E-state index contributed by atoms with van der Waals surface area (Å²) >= 11 is 1.61. The average molecular weight is 521 g/mol. The van der Waals surface area contributed by atoms with Gasteiger partial charge in [0.15, 0.2) is 0 Å². The van der Waals surface area contributed by atoms with Crippen molar-refractivity contribution in [1.29, 1.82) is 0 Å². The maximum Gasteiger partial charge on any atom is 0.223 e. The van der Waals surface area contributed by atoms with Crippen molar-refractivity contribution in [3.8, 4) is 0 Å². The van der Waals surface area contributed by atoms with E-state index in [0.29, 0.717) is 11.8 Å². The van der Waals surface area contributed by atoms with E-state index in [9.17, 15) is 14.7 Å². The molecule has 0 unspecified atom stereocenters. The number of carbonyl (C=O) groups is 3. The van der Waals surface area contributed by atoms with Crippen LogP contribution in [0.1, 0.15) is 104 Å². The number of nitrogens with one attached hydrogen (secondary N) is 1. The molecule has 1 aliphatic heterocycles. The maximum atomic E-state index is 13.1. The molecule has 7 heteroatoms. The Morgan fingerprint density at radius 1 is 1.14 bits per heavy atom. The minimum absolute atomic E-state index is 0.0432. The summed E-state index contributed by atoms with van der Waals surface area (Å²) in [5.74, 6) is 0.748. The quantitative estimate of drug-likeness (QED) is 0.456. The van der Waals surface area contributed by atoms with Gasteiger partial charge in [-0.3, -0.25) is 9.59 Å². The number of aliphatic hydroxyl groups is 1. The van der Waals surface area contributed by atoms with Gasteiger partial charge in [-0.05, 0) is 63.5 Å². The van der Waals surface area contributed by atoms with Crippen molar-refractivity contribution >= 4 is 35.4 Å². The van der Waals surface area contributed by atoms with Crippen molar-refractivity contribution in [2.75, 3.05) is 0 Å². The van der Waals surface area contributed by atoms with Gasteiger partial charge in [-0.15, -0.1) is 11.3 Å². The van der Waals surface area contributed by atoms with Crippen LogP contribution in [-0.2, 0) is 14.4 Å². The van der Waals surface area contributed by atoms with Crippen LogP contribution in [0, 0.1) is 30.1 Å². The highest BCUT2D eigenvalue weighted by atomic mass is 32.1. The number of aryl methyl sites for hydroxylation is 1. The predicted octanol–water partition coefficient (Wildman–Crippen LogP) is 6.15. The normalized spacial score (nSPS) is 29.0.